The molecule has 0 fully saturated rings. The molecule has 5 aromatic rings. The summed E-state index contributed by atoms with van der Waals surface area (Å²) in [6.45, 7) is 0.386. The number of hydrogen-bond donors (Lipinski definition) is 3. The second-order valence-electron chi connectivity index (χ2n) is 6.86. The molecule has 4 aromatic heterocycles. The number of hydrogen-bond acceptors (Lipinski definition) is 7. The van der Waals surface area contributed by atoms with E-state index in [2.05, 4.69) is 30.2 Å². The van der Waals surface area contributed by atoms with Crippen LogP contribution < -0.4 is 15.8 Å². The summed E-state index contributed by atoms with van der Waals surface area (Å²) in [6, 6.07) is 11.9. The van der Waals surface area contributed by atoms with Gasteiger partial charge in [-0.3, -0.25) is 4.98 Å². The molecule has 0 spiro atoms. The maximum atomic E-state index is 6.00. The molecule has 0 radical (unpaired) electrons. The Kier molecular flexibility index (Phi) is 4.36. The van der Waals surface area contributed by atoms with Crippen molar-refractivity contribution in [2.75, 3.05) is 18.1 Å². The van der Waals surface area contributed by atoms with Crippen molar-refractivity contribution in [3.8, 4) is 16.9 Å². The van der Waals surface area contributed by atoms with Crippen LogP contribution in [0.3, 0.4) is 0 Å². The summed E-state index contributed by atoms with van der Waals surface area (Å²) in [7, 11) is 1.85. The molecule has 8 heteroatoms. The third-order valence-electron chi connectivity index (χ3n) is 4.92. The Morgan fingerprint density at radius 3 is 2.90 bits per heavy atom. The Labute approximate surface area is 172 Å². The molecule has 4 heterocycles. The van der Waals surface area contributed by atoms with E-state index in [0.29, 0.717) is 12.4 Å². The van der Waals surface area contributed by atoms with E-state index in [4.69, 9.17) is 10.5 Å². The first-order chi connectivity index (χ1) is 14.7. The van der Waals surface area contributed by atoms with Crippen LogP contribution in [0, 0.1) is 0 Å². The van der Waals surface area contributed by atoms with Crippen molar-refractivity contribution in [2.45, 2.75) is 6.61 Å². The summed E-state index contributed by atoms with van der Waals surface area (Å²) in [5, 5.41) is 4.11. The Hall–Kier alpha value is -4.20. The van der Waals surface area contributed by atoms with E-state index < -0.39 is 0 Å². The number of benzene rings is 1. The number of ether oxygens (including phenoxy) is 1. The molecule has 0 atom stereocenters. The average molecular weight is 397 g/mol. The fraction of sp³-hybridized carbons (Fsp3) is 0.0909. The number of rotatable bonds is 5. The van der Waals surface area contributed by atoms with Crippen LogP contribution >= 0.6 is 0 Å². The lowest BCUT2D eigenvalue weighted by Crippen LogP contribution is -1.97. The largest absolute Gasteiger partial charge is 0.489 e. The Balaban J connectivity index is 1.40. The third kappa shape index (κ3) is 3.24. The molecule has 8 nitrogen and oxygen atoms in total. The number of aromatic amines is 1. The summed E-state index contributed by atoms with van der Waals surface area (Å²) in [5.41, 5.74) is 11.1. The highest BCUT2D eigenvalue weighted by atomic mass is 16.5. The number of H-pyrrole nitrogens is 1. The predicted molar refractivity (Wildman–Crippen MR) is 117 cm³/mol. The molecule has 0 aliphatic heterocycles. The summed E-state index contributed by atoms with van der Waals surface area (Å²) < 4.78 is 6.00. The predicted octanol–water partition coefficient (Wildman–Crippen LogP) is 3.77. The van der Waals surface area contributed by atoms with Gasteiger partial charge in [0.2, 0.25) is 0 Å². The standard InChI is InChI=1S/C22H19N7O/c1-24-19-5-3-14-2-4-16(7-18(14)29-19)30-11-13-6-15(9-25-8-13)17-10-26-21-20(17)27-12-28-22(21)23/h2-10,12,26H,11H2,1H3,(H,24,29)(H2,23,27,28). The number of pyridine rings is 2. The second-order valence-corrected chi connectivity index (χ2v) is 6.86. The van der Waals surface area contributed by atoms with Crippen LogP contribution in [0.4, 0.5) is 11.6 Å². The van der Waals surface area contributed by atoms with Gasteiger partial charge in [-0.05, 0) is 30.3 Å². The van der Waals surface area contributed by atoms with Gasteiger partial charge in [-0.15, -0.1) is 0 Å². The summed E-state index contributed by atoms with van der Waals surface area (Å²) in [6.07, 6.45) is 6.91. The molecule has 30 heavy (non-hydrogen) atoms. The Morgan fingerprint density at radius 1 is 1.10 bits per heavy atom. The normalized spacial score (nSPS) is 11.1. The SMILES string of the molecule is CNc1ccc2ccc(OCc3cncc(-c4c[nH]c5c(N)ncnc45)c3)cc2n1. The Bertz CT molecular complexity index is 1360. The van der Waals surface area contributed by atoms with Crippen LogP contribution in [0.25, 0.3) is 33.1 Å². The first-order valence-electron chi connectivity index (χ1n) is 9.44. The van der Waals surface area contributed by atoms with Gasteiger partial charge in [-0.1, -0.05) is 0 Å². The fourth-order valence-corrected chi connectivity index (χ4v) is 3.38. The van der Waals surface area contributed by atoms with Crippen molar-refractivity contribution >= 4 is 33.6 Å². The van der Waals surface area contributed by atoms with Gasteiger partial charge in [0.15, 0.2) is 5.82 Å². The van der Waals surface area contributed by atoms with Crippen molar-refractivity contribution in [1.82, 2.24) is 24.9 Å². The highest BCUT2D eigenvalue weighted by Crippen LogP contribution is 2.29. The van der Waals surface area contributed by atoms with Crippen LogP contribution in [-0.4, -0.2) is 32.0 Å². The van der Waals surface area contributed by atoms with E-state index in [9.17, 15) is 0 Å². The molecule has 0 unspecified atom stereocenters. The average Bonchev–Trinajstić information content (AvgIpc) is 3.23. The van der Waals surface area contributed by atoms with Gasteiger partial charge in [0.05, 0.1) is 5.52 Å². The lowest BCUT2D eigenvalue weighted by molar-refractivity contribution is 0.306. The lowest BCUT2D eigenvalue weighted by atomic mass is 10.1. The lowest BCUT2D eigenvalue weighted by Gasteiger charge is -2.09. The number of nitrogen functional groups attached to an aromatic ring is 1. The molecule has 0 aliphatic rings. The molecule has 4 N–H and O–H groups in total. The van der Waals surface area contributed by atoms with Crippen molar-refractivity contribution in [3.05, 3.63) is 66.9 Å². The fourth-order valence-electron chi connectivity index (χ4n) is 3.38. The van der Waals surface area contributed by atoms with Gasteiger partial charge in [0.25, 0.3) is 0 Å². The first-order valence-corrected chi connectivity index (χ1v) is 9.44. The van der Waals surface area contributed by atoms with Gasteiger partial charge >= 0.3 is 0 Å². The summed E-state index contributed by atoms with van der Waals surface area (Å²) >= 11 is 0. The first kappa shape index (κ1) is 17.9. The minimum Gasteiger partial charge on any atom is -0.489 e. The van der Waals surface area contributed by atoms with Crippen LogP contribution in [0.2, 0.25) is 0 Å². The zero-order valence-electron chi connectivity index (χ0n) is 16.3. The van der Waals surface area contributed by atoms with Gasteiger partial charge < -0.3 is 20.8 Å². The molecule has 0 saturated heterocycles. The molecular formula is C22H19N7O. The number of fused-ring (bicyclic) bond motifs is 2. The van der Waals surface area contributed by atoms with Crippen molar-refractivity contribution < 1.29 is 4.74 Å². The van der Waals surface area contributed by atoms with Gasteiger partial charge in [-0.25, -0.2) is 15.0 Å². The zero-order chi connectivity index (χ0) is 20.5. The van der Waals surface area contributed by atoms with E-state index >= 15 is 0 Å². The van der Waals surface area contributed by atoms with Gasteiger partial charge in [0.1, 0.15) is 35.5 Å². The number of nitrogens with one attached hydrogen (secondary N) is 2. The highest BCUT2D eigenvalue weighted by molar-refractivity contribution is 5.96. The van der Waals surface area contributed by atoms with Gasteiger partial charge in [-0.2, -0.15) is 0 Å². The number of anilines is 2. The van der Waals surface area contributed by atoms with Crippen LogP contribution in [0.15, 0.2) is 61.3 Å². The smallest absolute Gasteiger partial charge is 0.151 e. The quantitative estimate of drug-likeness (QED) is 0.413. The Morgan fingerprint density at radius 2 is 2.00 bits per heavy atom. The van der Waals surface area contributed by atoms with E-state index in [1.165, 1.54) is 6.33 Å². The second kappa shape index (κ2) is 7.32. The van der Waals surface area contributed by atoms with Crippen molar-refractivity contribution in [3.63, 3.8) is 0 Å². The monoisotopic (exact) mass is 397 g/mol. The van der Waals surface area contributed by atoms with Crippen LogP contribution in [0.5, 0.6) is 5.75 Å². The molecule has 148 valence electrons. The third-order valence-corrected chi connectivity index (χ3v) is 4.92. The van der Waals surface area contributed by atoms with E-state index in [1.807, 2.05) is 49.6 Å². The molecule has 1 aromatic carbocycles. The molecule has 0 amide bonds. The van der Waals surface area contributed by atoms with E-state index in [1.54, 1.807) is 12.4 Å². The van der Waals surface area contributed by atoms with E-state index in [0.717, 1.165) is 50.2 Å². The number of nitrogens with two attached hydrogens (primary N) is 1. The number of aromatic nitrogens is 5. The summed E-state index contributed by atoms with van der Waals surface area (Å²) in [5.74, 6) is 1.99. The number of nitrogens with zero attached hydrogens (tertiary/aromatic N) is 4. The maximum absolute atomic E-state index is 6.00. The van der Waals surface area contributed by atoms with Crippen molar-refractivity contribution in [2.24, 2.45) is 0 Å². The van der Waals surface area contributed by atoms with Crippen LogP contribution in [0.1, 0.15) is 5.56 Å². The molecule has 5 rings (SSSR count). The topological polar surface area (TPSA) is 115 Å². The molecule has 0 aliphatic carbocycles. The minimum absolute atomic E-state index is 0.386. The van der Waals surface area contributed by atoms with Crippen LogP contribution in [-0.2, 0) is 6.61 Å². The molecule has 0 bridgehead atoms. The highest BCUT2D eigenvalue weighted by Gasteiger charge is 2.11. The zero-order valence-corrected chi connectivity index (χ0v) is 16.3. The summed E-state index contributed by atoms with van der Waals surface area (Å²) in [4.78, 5) is 20.4. The van der Waals surface area contributed by atoms with E-state index in [-0.39, 0.29) is 0 Å². The van der Waals surface area contributed by atoms with Crippen molar-refractivity contribution in [1.29, 1.82) is 0 Å². The minimum atomic E-state index is 0.386. The van der Waals surface area contributed by atoms with Gasteiger partial charge in [0, 0.05) is 53.8 Å². The molecular weight excluding hydrogens is 378 g/mol. The maximum Gasteiger partial charge on any atom is 0.151 e. The molecule has 0 saturated carbocycles.